The van der Waals surface area contributed by atoms with E-state index in [0.717, 1.165) is 11.1 Å². The molecule has 0 atom stereocenters. The van der Waals surface area contributed by atoms with Gasteiger partial charge in [-0.3, -0.25) is 0 Å². The monoisotopic (exact) mass is 278 g/mol. The molecule has 0 aromatic heterocycles. The molecule has 0 saturated carbocycles. The Morgan fingerprint density at radius 1 is 1.30 bits per heavy atom. The summed E-state index contributed by atoms with van der Waals surface area (Å²) in [5, 5.41) is 12.0. The summed E-state index contributed by atoms with van der Waals surface area (Å²) in [6.07, 6.45) is 0. The standard InChI is InChI=1S/C15H22N2O3/c1-6-17(15(4,5)13(18)19)14(20)16-12-9-10(2)7-8-11(12)3/h7-9H,6H2,1-5H3,(H,16,20)(H,18,19). The van der Waals surface area contributed by atoms with Gasteiger partial charge < -0.3 is 15.3 Å². The average molecular weight is 278 g/mol. The van der Waals surface area contributed by atoms with Gasteiger partial charge in [0.1, 0.15) is 5.54 Å². The van der Waals surface area contributed by atoms with E-state index in [0.29, 0.717) is 12.2 Å². The van der Waals surface area contributed by atoms with Crippen LogP contribution >= 0.6 is 0 Å². The van der Waals surface area contributed by atoms with Crippen LogP contribution in [-0.2, 0) is 4.79 Å². The zero-order valence-corrected chi connectivity index (χ0v) is 12.7. The maximum Gasteiger partial charge on any atom is 0.329 e. The van der Waals surface area contributed by atoms with Crippen molar-refractivity contribution in [1.82, 2.24) is 4.90 Å². The van der Waals surface area contributed by atoms with Crippen molar-refractivity contribution in [1.29, 1.82) is 0 Å². The molecule has 0 aliphatic heterocycles. The van der Waals surface area contributed by atoms with Gasteiger partial charge in [-0.05, 0) is 51.8 Å². The molecule has 110 valence electrons. The number of hydrogen-bond acceptors (Lipinski definition) is 2. The fraction of sp³-hybridized carbons (Fsp3) is 0.467. The number of carboxylic acid groups (broad SMARTS) is 1. The molecule has 0 saturated heterocycles. The number of rotatable bonds is 4. The zero-order valence-electron chi connectivity index (χ0n) is 12.7. The molecular weight excluding hydrogens is 256 g/mol. The Bertz CT molecular complexity index is 524. The Morgan fingerprint density at radius 2 is 1.90 bits per heavy atom. The van der Waals surface area contributed by atoms with Crippen molar-refractivity contribution in [2.24, 2.45) is 0 Å². The number of amides is 2. The van der Waals surface area contributed by atoms with Crippen LogP contribution in [0.25, 0.3) is 0 Å². The molecule has 0 unspecified atom stereocenters. The second-order valence-electron chi connectivity index (χ2n) is 5.36. The average Bonchev–Trinajstić information content (AvgIpc) is 2.34. The quantitative estimate of drug-likeness (QED) is 0.889. The van der Waals surface area contributed by atoms with Crippen molar-refractivity contribution in [3.8, 4) is 0 Å². The highest BCUT2D eigenvalue weighted by Gasteiger charge is 2.37. The molecule has 1 rings (SSSR count). The number of aliphatic carboxylic acids is 1. The molecule has 0 bridgehead atoms. The van der Waals surface area contributed by atoms with Gasteiger partial charge >= 0.3 is 12.0 Å². The number of nitrogens with zero attached hydrogens (tertiary/aromatic N) is 1. The van der Waals surface area contributed by atoms with E-state index in [2.05, 4.69) is 5.32 Å². The molecule has 0 spiro atoms. The Morgan fingerprint density at radius 3 is 2.40 bits per heavy atom. The first kappa shape index (κ1) is 16.0. The van der Waals surface area contributed by atoms with Crippen molar-refractivity contribution in [3.05, 3.63) is 29.3 Å². The number of hydrogen-bond donors (Lipinski definition) is 2. The van der Waals surface area contributed by atoms with Gasteiger partial charge in [0.05, 0.1) is 0 Å². The van der Waals surface area contributed by atoms with Gasteiger partial charge in [0.2, 0.25) is 0 Å². The highest BCUT2D eigenvalue weighted by molar-refractivity contribution is 5.94. The number of carboxylic acids is 1. The van der Waals surface area contributed by atoms with Crippen LogP contribution in [0.2, 0.25) is 0 Å². The molecule has 1 aromatic rings. The van der Waals surface area contributed by atoms with E-state index in [4.69, 9.17) is 0 Å². The molecule has 20 heavy (non-hydrogen) atoms. The topological polar surface area (TPSA) is 69.6 Å². The van der Waals surface area contributed by atoms with Crippen molar-refractivity contribution in [2.75, 3.05) is 11.9 Å². The lowest BCUT2D eigenvalue weighted by Gasteiger charge is -2.34. The van der Waals surface area contributed by atoms with E-state index >= 15 is 0 Å². The van der Waals surface area contributed by atoms with Crippen molar-refractivity contribution in [3.63, 3.8) is 0 Å². The molecule has 0 radical (unpaired) electrons. The first-order valence-electron chi connectivity index (χ1n) is 6.59. The van der Waals surface area contributed by atoms with Gasteiger partial charge in [-0.2, -0.15) is 0 Å². The van der Waals surface area contributed by atoms with Crippen LogP contribution in [0, 0.1) is 13.8 Å². The summed E-state index contributed by atoms with van der Waals surface area (Å²) in [6.45, 7) is 8.94. The number of nitrogens with one attached hydrogen (secondary N) is 1. The third-order valence-electron chi connectivity index (χ3n) is 3.39. The van der Waals surface area contributed by atoms with Crippen LogP contribution in [0.5, 0.6) is 0 Å². The maximum atomic E-state index is 12.3. The fourth-order valence-electron chi connectivity index (χ4n) is 1.96. The number of likely N-dealkylation sites (N-methyl/N-ethyl adjacent to an activating group) is 1. The van der Waals surface area contributed by atoms with Crippen molar-refractivity contribution >= 4 is 17.7 Å². The van der Waals surface area contributed by atoms with Crippen LogP contribution in [0.1, 0.15) is 31.9 Å². The van der Waals surface area contributed by atoms with Gasteiger partial charge in [0.25, 0.3) is 0 Å². The SMILES string of the molecule is CCN(C(=O)Nc1cc(C)ccc1C)C(C)(C)C(=O)O. The maximum absolute atomic E-state index is 12.3. The van der Waals surface area contributed by atoms with E-state index in [1.807, 2.05) is 32.0 Å². The summed E-state index contributed by atoms with van der Waals surface area (Å²) in [5.41, 5.74) is 1.42. The predicted octanol–water partition coefficient (Wildman–Crippen LogP) is 3.02. The minimum absolute atomic E-state index is 0.315. The van der Waals surface area contributed by atoms with Crippen molar-refractivity contribution in [2.45, 2.75) is 40.2 Å². The van der Waals surface area contributed by atoms with Crippen LogP contribution in [0.3, 0.4) is 0 Å². The van der Waals surface area contributed by atoms with Crippen molar-refractivity contribution < 1.29 is 14.7 Å². The molecule has 0 aliphatic rings. The van der Waals surface area contributed by atoms with Gasteiger partial charge in [0, 0.05) is 12.2 Å². The number of urea groups is 1. The molecular formula is C15H22N2O3. The number of benzene rings is 1. The summed E-state index contributed by atoms with van der Waals surface area (Å²) < 4.78 is 0. The first-order chi connectivity index (χ1) is 9.20. The van der Waals surface area contributed by atoms with E-state index < -0.39 is 17.5 Å². The van der Waals surface area contributed by atoms with Gasteiger partial charge in [-0.25, -0.2) is 9.59 Å². The Labute approximate surface area is 119 Å². The molecule has 5 nitrogen and oxygen atoms in total. The fourth-order valence-corrected chi connectivity index (χ4v) is 1.96. The lowest BCUT2D eigenvalue weighted by atomic mass is 10.0. The predicted molar refractivity (Wildman–Crippen MR) is 79.0 cm³/mol. The zero-order chi connectivity index (χ0) is 15.5. The molecule has 2 amide bonds. The Hall–Kier alpha value is -2.04. The smallest absolute Gasteiger partial charge is 0.329 e. The van der Waals surface area contributed by atoms with Gasteiger partial charge in [-0.1, -0.05) is 12.1 Å². The summed E-state index contributed by atoms with van der Waals surface area (Å²) in [5.74, 6) is -1.03. The van der Waals surface area contributed by atoms with Crippen LogP contribution < -0.4 is 5.32 Å². The third-order valence-corrected chi connectivity index (χ3v) is 3.39. The van der Waals surface area contributed by atoms with Gasteiger partial charge in [0.15, 0.2) is 0 Å². The van der Waals surface area contributed by atoms with Crippen LogP contribution in [0.15, 0.2) is 18.2 Å². The lowest BCUT2D eigenvalue weighted by Crippen LogP contribution is -2.54. The number of anilines is 1. The summed E-state index contributed by atoms with van der Waals surface area (Å²) in [7, 11) is 0. The summed E-state index contributed by atoms with van der Waals surface area (Å²) in [4.78, 5) is 24.9. The number of carbonyl (C=O) groups excluding carboxylic acids is 1. The molecule has 2 N–H and O–H groups in total. The normalized spacial score (nSPS) is 11.1. The number of carbonyl (C=O) groups is 2. The molecule has 1 aromatic carbocycles. The minimum Gasteiger partial charge on any atom is -0.480 e. The summed E-state index contributed by atoms with van der Waals surface area (Å²) in [6, 6.07) is 5.34. The molecule has 0 aliphatic carbocycles. The molecule has 0 heterocycles. The number of aryl methyl sites for hydroxylation is 2. The molecule has 5 heteroatoms. The van der Waals surface area contributed by atoms with E-state index in [9.17, 15) is 14.7 Å². The second kappa shape index (κ2) is 5.94. The van der Waals surface area contributed by atoms with E-state index in [-0.39, 0.29) is 0 Å². The van der Waals surface area contributed by atoms with E-state index in [1.54, 1.807) is 6.92 Å². The largest absolute Gasteiger partial charge is 0.480 e. The van der Waals surface area contributed by atoms with Crippen LogP contribution in [0.4, 0.5) is 10.5 Å². The minimum atomic E-state index is -1.25. The lowest BCUT2D eigenvalue weighted by molar-refractivity contribution is -0.147. The summed E-state index contributed by atoms with van der Waals surface area (Å²) >= 11 is 0. The van der Waals surface area contributed by atoms with Gasteiger partial charge in [-0.15, -0.1) is 0 Å². The third kappa shape index (κ3) is 3.29. The highest BCUT2D eigenvalue weighted by Crippen LogP contribution is 2.20. The van der Waals surface area contributed by atoms with Crippen LogP contribution in [-0.4, -0.2) is 34.1 Å². The molecule has 0 fully saturated rings. The highest BCUT2D eigenvalue weighted by atomic mass is 16.4. The first-order valence-corrected chi connectivity index (χ1v) is 6.59. The Kier molecular flexibility index (Phi) is 4.76. The second-order valence-corrected chi connectivity index (χ2v) is 5.36. The Balaban J connectivity index is 2.99. The van der Waals surface area contributed by atoms with E-state index in [1.165, 1.54) is 18.7 Å².